The number of benzene rings is 3. The molecule has 0 aromatic heterocycles. The Balaban J connectivity index is 2.21. The maximum Gasteiger partial charge on any atom is 0.263 e. The van der Waals surface area contributed by atoms with Gasteiger partial charge in [-0.1, -0.05) is 55.9 Å². The molecule has 0 aliphatic carbocycles. The zero-order chi connectivity index (χ0) is 34.9. The quantitative estimate of drug-likeness (QED) is 0.0766. The van der Waals surface area contributed by atoms with E-state index in [-0.39, 0.29) is 19.3 Å². The highest BCUT2D eigenvalue weighted by molar-refractivity contribution is 6.59. The van der Waals surface area contributed by atoms with Crippen molar-refractivity contribution in [2.75, 3.05) is 0 Å². The van der Waals surface area contributed by atoms with Gasteiger partial charge in [0.1, 0.15) is 0 Å². The Morgan fingerprint density at radius 2 is 0.457 bits per heavy atom. The van der Waals surface area contributed by atoms with Crippen LogP contribution in [0.5, 0.6) is 0 Å². The van der Waals surface area contributed by atoms with E-state index in [1.54, 1.807) is 0 Å². The van der Waals surface area contributed by atoms with Gasteiger partial charge in [0.15, 0.2) is 69.8 Å². The van der Waals surface area contributed by atoms with Gasteiger partial charge in [-0.05, 0) is 17.8 Å². The summed E-state index contributed by atoms with van der Waals surface area (Å²) >= 11 is -3.24. The first-order valence-electron chi connectivity index (χ1n) is 14.0. The molecular formula is C30H24AlF15. The molecule has 0 amide bonds. The maximum absolute atomic E-state index is 14.8. The van der Waals surface area contributed by atoms with Gasteiger partial charge in [-0.3, -0.25) is 0 Å². The fraction of sp³-hybridized carbons (Fsp3) is 0.400. The lowest BCUT2D eigenvalue weighted by atomic mass is 9.95. The minimum Gasteiger partial charge on any atom is -0.203 e. The first kappa shape index (κ1) is 37.6. The van der Waals surface area contributed by atoms with Crippen molar-refractivity contribution in [2.24, 2.45) is 0 Å². The molecule has 0 radical (unpaired) electrons. The van der Waals surface area contributed by atoms with Crippen LogP contribution < -0.4 is 0 Å². The average molecular weight is 696 g/mol. The lowest BCUT2D eigenvalue weighted by molar-refractivity contribution is 0.362. The van der Waals surface area contributed by atoms with Crippen LogP contribution in [0, 0.1) is 87.3 Å². The third kappa shape index (κ3) is 6.74. The molecule has 0 fully saturated rings. The van der Waals surface area contributed by atoms with E-state index >= 15 is 0 Å². The third-order valence-electron chi connectivity index (χ3n) is 8.29. The fourth-order valence-corrected chi connectivity index (χ4v) is 10.6. The molecule has 0 saturated carbocycles. The van der Waals surface area contributed by atoms with E-state index in [2.05, 4.69) is 0 Å². The highest BCUT2D eigenvalue weighted by Gasteiger charge is 2.38. The van der Waals surface area contributed by atoms with Crippen molar-refractivity contribution < 1.29 is 65.9 Å². The van der Waals surface area contributed by atoms with E-state index < -0.39 is 152 Å². The van der Waals surface area contributed by atoms with Crippen LogP contribution in [0.25, 0.3) is 0 Å². The predicted octanol–water partition coefficient (Wildman–Crippen LogP) is 11.1. The van der Waals surface area contributed by atoms with Crippen LogP contribution in [0.4, 0.5) is 65.9 Å². The van der Waals surface area contributed by atoms with E-state index in [4.69, 9.17) is 0 Å². The monoisotopic (exact) mass is 696 g/mol. The Hall–Kier alpha value is -2.86. The Labute approximate surface area is 257 Å². The van der Waals surface area contributed by atoms with Crippen molar-refractivity contribution in [3.8, 4) is 0 Å². The van der Waals surface area contributed by atoms with Gasteiger partial charge in [-0.2, -0.15) is 0 Å². The van der Waals surface area contributed by atoms with Gasteiger partial charge in [0.05, 0.1) is 0 Å². The largest absolute Gasteiger partial charge is 0.263 e. The first-order chi connectivity index (χ1) is 21.5. The molecule has 3 rings (SSSR count). The Bertz CT molecular complexity index is 1350. The van der Waals surface area contributed by atoms with E-state index in [1.165, 1.54) is 20.8 Å². The molecule has 16 heteroatoms. The minimum absolute atomic E-state index is 0.333. The molecular weight excluding hydrogens is 672 g/mol. The molecule has 0 bridgehead atoms. The smallest absolute Gasteiger partial charge is 0.203 e. The van der Waals surface area contributed by atoms with E-state index in [0.29, 0.717) is 0 Å². The summed E-state index contributed by atoms with van der Waals surface area (Å²) in [5.41, 5.74) is -3.82. The number of hydrogen-bond acceptors (Lipinski definition) is 0. The second-order valence-corrected chi connectivity index (χ2v) is 14.0. The van der Waals surface area contributed by atoms with Crippen molar-refractivity contribution >= 4 is 14.1 Å². The van der Waals surface area contributed by atoms with E-state index in [1.807, 2.05) is 0 Å². The van der Waals surface area contributed by atoms with Crippen molar-refractivity contribution in [1.29, 1.82) is 0 Å². The van der Waals surface area contributed by atoms with Crippen LogP contribution in [-0.2, 0) is 0 Å². The topological polar surface area (TPSA) is 0 Å². The molecule has 0 saturated heterocycles. The van der Waals surface area contributed by atoms with Gasteiger partial charge in [-0.25, -0.2) is 65.9 Å². The summed E-state index contributed by atoms with van der Waals surface area (Å²) in [5.74, 6) is -38.9. The zero-order valence-corrected chi connectivity index (χ0v) is 25.4. The summed E-state index contributed by atoms with van der Waals surface area (Å²) in [6, 6.07) is 0. The molecule has 0 aliphatic rings. The molecule has 0 N–H and O–H groups in total. The Kier molecular flexibility index (Phi) is 12.2. The molecule has 3 aromatic carbocycles. The summed E-state index contributed by atoms with van der Waals surface area (Å²) in [6.07, 6.45) is -0.999. The lowest BCUT2D eigenvalue weighted by Crippen LogP contribution is -2.26. The van der Waals surface area contributed by atoms with Crippen LogP contribution in [0.3, 0.4) is 0 Å². The molecule has 46 heavy (non-hydrogen) atoms. The van der Waals surface area contributed by atoms with Gasteiger partial charge in [0.25, 0.3) is 14.1 Å². The predicted molar refractivity (Wildman–Crippen MR) is 138 cm³/mol. The highest BCUT2D eigenvalue weighted by atomic mass is 27.2. The van der Waals surface area contributed by atoms with Gasteiger partial charge < -0.3 is 0 Å². The minimum atomic E-state index is -3.24. The maximum atomic E-state index is 14.8. The zero-order valence-electron chi connectivity index (χ0n) is 24.2. The highest BCUT2D eigenvalue weighted by Crippen LogP contribution is 2.42. The van der Waals surface area contributed by atoms with Gasteiger partial charge >= 0.3 is 0 Å². The third-order valence-corrected chi connectivity index (χ3v) is 12.0. The van der Waals surface area contributed by atoms with Crippen LogP contribution >= 0.6 is 0 Å². The summed E-state index contributed by atoms with van der Waals surface area (Å²) in [6.45, 7) is 3.82. The van der Waals surface area contributed by atoms with Crippen molar-refractivity contribution in [1.82, 2.24) is 0 Å². The summed E-state index contributed by atoms with van der Waals surface area (Å²) in [5, 5.41) is -1.61. The van der Waals surface area contributed by atoms with E-state index in [0.717, 1.165) is 0 Å². The lowest BCUT2D eigenvalue weighted by Gasteiger charge is -2.28. The molecule has 3 aromatic rings. The molecule has 3 atom stereocenters. The second kappa shape index (κ2) is 14.9. The Morgan fingerprint density at radius 3 is 0.609 bits per heavy atom. The van der Waals surface area contributed by atoms with Gasteiger partial charge in [-0.15, -0.1) is 0 Å². The fourth-order valence-electron chi connectivity index (χ4n) is 5.90. The summed E-state index contributed by atoms with van der Waals surface area (Å²) < 4.78 is 215. The molecule has 0 nitrogen and oxygen atoms in total. The second-order valence-electron chi connectivity index (χ2n) is 10.8. The average Bonchev–Trinajstić information content (AvgIpc) is 3.04. The van der Waals surface area contributed by atoms with Crippen molar-refractivity contribution in [3.05, 3.63) is 104 Å². The summed E-state index contributed by atoms with van der Waals surface area (Å²) in [7, 11) is 0. The van der Waals surface area contributed by atoms with Crippen molar-refractivity contribution in [2.45, 2.75) is 73.6 Å². The summed E-state index contributed by atoms with van der Waals surface area (Å²) in [4.78, 5) is 0. The van der Waals surface area contributed by atoms with Crippen LogP contribution in [-0.4, -0.2) is 14.1 Å². The number of hydrogen-bond donors (Lipinski definition) is 0. The first-order valence-corrected chi connectivity index (χ1v) is 16.4. The van der Waals surface area contributed by atoms with Gasteiger partial charge in [0.2, 0.25) is 17.5 Å². The Morgan fingerprint density at radius 1 is 0.304 bits per heavy atom. The van der Waals surface area contributed by atoms with Crippen LogP contribution in [0.15, 0.2) is 0 Å². The molecule has 252 valence electrons. The number of halogens is 15. The number of rotatable bonds is 12. The molecule has 0 aliphatic heterocycles. The van der Waals surface area contributed by atoms with Crippen molar-refractivity contribution in [3.63, 3.8) is 0 Å². The molecule has 0 heterocycles. The van der Waals surface area contributed by atoms with E-state index in [9.17, 15) is 65.9 Å². The standard InChI is InChI=1S/3C10H8F5.Al/c3*1-3-4(2)5-6(11)8(13)10(15)9(14)7(5)12;/h3*4H,2-3H2,1H3;. The molecule has 0 spiro atoms. The van der Waals surface area contributed by atoms with Crippen LogP contribution in [0.1, 0.15) is 74.5 Å². The van der Waals surface area contributed by atoms with Crippen LogP contribution in [0.2, 0.25) is 15.8 Å². The normalized spacial score (nSPS) is 13.7. The molecule has 3 unspecified atom stereocenters. The van der Waals surface area contributed by atoms with Gasteiger partial charge in [0, 0.05) is 16.7 Å². The SMILES string of the molecule is CCC([CH2][Al]([CH2]C(CC)c1c(F)c(F)c(F)c(F)c1F)[CH2]C(CC)c1c(F)c(F)c(F)c(F)c1F)c1c(F)c(F)c(F)c(F)c1F.